The maximum absolute atomic E-state index is 13.3. The van der Waals surface area contributed by atoms with Crippen molar-refractivity contribution < 1.29 is 18.7 Å². The lowest BCUT2D eigenvalue weighted by Crippen LogP contribution is -2.27. The first-order chi connectivity index (χ1) is 13.6. The highest BCUT2D eigenvalue weighted by Gasteiger charge is 2.25. The number of rotatable bonds is 5. The van der Waals surface area contributed by atoms with Crippen molar-refractivity contribution in [2.75, 3.05) is 17.2 Å². The van der Waals surface area contributed by atoms with Crippen molar-refractivity contribution in [2.24, 2.45) is 0 Å². The Morgan fingerprint density at radius 2 is 2.00 bits per heavy atom. The van der Waals surface area contributed by atoms with Gasteiger partial charge in [0, 0.05) is 4.88 Å². The molecule has 2 N–H and O–H groups in total. The molecule has 1 atom stereocenters. The van der Waals surface area contributed by atoms with Crippen LogP contribution in [0.15, 0.2) is 60.0 Å². The highest BCUT2D eigenvalue weighted by Crippen LogP contribution is 2.36. The number of para-hydroxylation sites is 1. The molecule has 3 aromatic rings. The molecule has 0 spiro atoms. The lowest BCUT2D eigenvalue weighted by atomic mass is 9.94. The topological polar surface area (TPSA) is 67.4 Å². The number of hydrogen-bond acceptors (Lipinski definition) is 4. The number of benzene rings is 2. The molecule has 0 radical (unpaired) electrons. The molecule has 1 aliphatic rings. The fourth-order valence-corrected chi connectivity index (χ4v) is 3.87. The van der Waals surface area contributed by atoms with Crippen molar-refractivity contribution >= 4 is 34.5 Å². The molecular weight excluding hydrogens is 379 g/mol. The second-order valence-electron chi connectivity index (χ2n) is 6.40. The molecule has 2 aromatic carbocycles. The van der Waals surface area contributed by atoms with Gasteiger partial charge in [-0.05, 0) is 47.7 Å². The Labute approximate surface area is 165 Å². The van der Waals surface area contributed by atoms with Gasteiger partial charge < -0.3 is 15.4 Å². The number of fused-ring (bicyclic) bond motifs is 1. The monoisotopic (exact) mass is 396 g/mol. The summed E-state index contributed by atoms with van der Waals surface area (Å²) in [5.74, 6) is -0.871. The van der Waals surface area contributed by atoms with E-state index in [1.54, 1.807) is 41.7 Å². The number of anilines is 2. The molecular formula is C21H17FN2O3S. The van der Waals surface area contributed by atoms with Crippen LogP contribution < -0.4 is 15.4 Å². The Balaban J connectivity index is 1.62. The van der Waals surface area contributed by atoms with E-state index in [0.717, 1.165) is 10.4 Å². The average molecular weight is 396 g/mol. The summed E-state index contributed by atoms with van der Waals surface area (Å²) in [6, 6.07) is 15.0. The first-order valence-electron chi connectivity index (χ1n) is 8.74. The largest absolute Gasteiger partial charge is 0.479 e. The van der Waals surface area contributed by atoms with Crippen LogP contribution in [0.5, 0.6) is 5.75 Å². The van der Waals surface area contributed by atoms with Crippen molar-refractivity contribution in [3.8, 4) is 5.75 Å². The van der Waals surface area contributed by atoms with E-state index in [0.29, 0.717) is 23.5 Å². The third-order valence-electron chi connectivity index (χ3n) is 4.47. The molecule has 1 aliphatic heterocycles. The normalized spacial score (nSPS) is 13.8. The summed E-state index contributed by atoms with van der Waals surface area (Å²) in [6.45, 7) is -0.101. The summed E-state index contributed by atoms with van der Waals surface area (Å²) in [4.78, 5) is 25.7. The van der Waals surface area contributed by atoms with Gasteiger partial charge in [-0.3, -0.25) is 9.59 Å². The Hall–Kier alpha value is -3.19. The molecule has 1 aromatic heterocycles. The number of carbonyl (C=O) groups excluding carboxylic acids is 2. The van der Waals surface area contributed by atoms with Gasteiger partial charge in [-0.15, -0.1) is 11.3 Å². The fourth-order valence-electron chi connectivity index (χ4n) is 3.12. The standard InChI is InChI=1S/C21H17FN2O3S/c22-14-8-6-13(7-9-14)16(11-15-3-2-10-28-15)21(26)24-18-5-1-4-17-20(18)27-12-19(25)23-17/h1-10,16H,11-12H2,(H,23,25)(H,24,26). The van der Waals surface area contributed by atoms with E-state index in [4.69, 9.17) is 4.74 Å². The maximum Gasteiger partial charge on any atom is 0.262 e. The van der Waals surface area contributed by atoms with E-state index in [2.05, 4.69) is 10.6 Å². The predicted molar refractivity (Wildman–Crippen MR) is 106 cm³/mol. The Morgan fingerprint density at radius 1 is 1.18 bits per heavy atom. The van der Waals surface area contributed by atoms with E-state index >= 15 is 0 Å². The third-order valence-corrected chi connectivity index (χ3v) is 5.37. The molecule has 1 unspecified atom stereocenters. The van der Waals surface area contributed by atoms with Gasteiger partial charge in [-0.2, -0.15) is 0 Å². The van der Waals surface area contributed by atoms with Crippen LogP contribution in [-0.2, 0) is 16.0 Å². The molecule has 0 saturated heterocycles. The molecule has 0 saturated carbocycles. The van der Waals surface area contributed by atoms with Crippen LogP contribution in [0.2, 0.25) is 0 Å². The number of ether oxygens (including phenoxy) is 1. The third kappa shape index (κ3) is 3.89. The minimum Gasteiger partial charge on any atom is -0.479 e. The van der Waals surface area contributed by atoms with Gasteiger partial charge in [0.15, 0.2) is 12.4 Å². The van der Waals surface area contributed by atoms with E-state index in [-0.39, 0.29) is 24.2 Å². The average Bonchev–Trinajstić information content (AvgIpc) is 3.20. The zero-order valence-electron chi connectivity index (χ0n) is 14.8. The van der Waals surface area contributed by atoms with Crippen LogP contribution in [0.4, 0.5) is 15.8 Å². The van der Waals surface area contributed by atoms with Gasteiger partial charge >= 0.3 is 0 Å². The maximum atomic E-state index is 13.3. The molecule has 0 bridgehead atoms. The smallest absolute Gasteiger partial charge is 0.262 e. The van der Waals surface area contributed by atoms with E-state index in [9.17, 15) is 14.0 Å². The molecule has 0 fully saturated rings. The summed E-state index contributed by atoms with van der Waals surface area (Å²) >= 11 is 1.57. The van der Waals surface area contributed by atoms with Crippen LogP contribution in [0.3, 0.4) is 0 Å². The number of hydrogen-bond donors (Lipinski definition) is 2. The van der Waals surface area contributed by atoms with E-state index < -0.39 is 5.92 Å². The fraction of sp³-hybridized carbons (Fsp3) is 0.143. The Morgan fingerprint density at radius 3 is 2.75 bits per heavy atom. The number of carbonyl (C=O) groups is 2. The molecule has 7 heteroatoms. The van der Waals surface area contributed by atoms with Crippen molar-refractivity contribution in [1.82, 2.24) is 0 Å². The number of nitrogens with one attached hydrogen (secondary N) is 2. The van der Waals surface area contributed by atoms with Crippen LogP contribution in [0.1, 0.15) is 16.4 Å². The highest BCUT2D eigenvalue weighted by molar-refractivity contribution is 7.09. The molecule has 28 heavy (non-hydrogen) atoms. The lowest BCUT2D eigenvalue weighted by molar-refractivity contribution is -0.118. The first-order valence-corrected chi connectivity index (χ1v) is 9.62. The summed E-state index contributed by atoms with van der Waals surface area (Å²) in [6.07, 6.45) is 0.502. The summed E-state index contributed by atoms with van der Waals surface area (Å²) < 4.78 is 18.8. The summed E-state index contributed by atoms with van der Waals surface area (Å²) in [5.41, 5.74) is 1.73. The second kappa shape index (κ2) is 7.82. The quantitative estimate of drug-likeness (QED) is 0.680. The van der Waals surface area contributed by atoms with Crippen LogP contribution >= 0.6 is 11.3 Å². The SMILES string of the molecule is O=C1COc2c(cccc2NC(=O)C(Cc2cccs2)c2ccc(F)cc2)N1. The molecule has 0 aliphatic carbocycles. The van der Waals surface area contributed by atoms with Crippen molar-refractivity contribution in [3.05, 3.63) is 76.2 Å². The van der Waals surface area contributed by atoms with Gasteiger partial charge in [0.2, 0.25) is 5.91 Å². The Kier molecular flexibility index (Phi) is 5.08. The minimum absolute atomic E-state index is 0.101. The van der Waals surface area contributed by atoms with Crippen LogP contribution in [-0.4, -0.2) is 18.4 Å². The molecule has 4 rings (SSSR count). The van der Waals surface area contributed by atoms with Gasteiger partial charge in [0.25, 0.3) is 5.91 Å². The molecule has 142 valence electrons. The zero-order valence-corrected chi connectivity index (χ0v) is 15.6. The van der Waals surface area contributed by atoms with Gasteiger partial charge in [0.1, 0.15) is 5.82 Å². The lowest BCUT2D eigenvalue weighted by Gasteiger charge is -2.22. The van der Waals surface area contributed by atoms with Gasteiger partial charge in [-0.25, -0.2) is 4.39 Å². The van der Waals surface area contributed by atoms with E-state index in [1.165, 1.54) is 12.1 Å². The van der Waals surface area contributed by atoms with Crippen molar-refractivity contribution in [2.45, 2.75) is 12.3 Å². The molecule has 5 nitrogen and oxygen atoms in total. The predicted octanol–water partition coefficient (Wildman–Crippen LogP) is 4.18. The van der Waals surface area contributed by atoms with E-state index in [1.807, 2.05) is 17.5 Å². The van der Waals surface area contributed by atoms with Crippen LogP contribution in [0, 0.1) is 5.82 Å². The van der Waals surface area contributed by atoms with Crippen LogP contribution in [0.25, 0.3) is 0 Å². The molecule has 2 amide bonds. The summed E-state index contributed by atoms with van der Waals surface area (Å²) in [7, 11) is 0. The number of halogens is 1. The number of amides is 2. The number of thiophene rings is 1. The van der Waals surface area contributed by atoms with Crippen molar-refractivity contribution in [3.63, 3.8) is 0 Å². The van der Waals surface area contributed by atoms with Crippen molar-refractivity contribution in [1.29, 1.82) is 0 Å². The van der Waals surface area contributed by atoms with Gasteiger partial charge in [0.05, 0.1) is 17.3 Å². The second-order valence-corrected chi connectivity index (χ2v) is 7.43. The Bertz CT molecular complexity index is 1000. The zero-order chi connectivity index (χ0) is 19.5. The molecule has 2 heterocycles. The highest BCUT2D eigenvalue weighted by atomic mass is 32.1. The first kappa shape index (κ1) is 18.2. The van der Waals surface area contributed by atoms with Gasteiger partial charge in [-0.1, -0.05) is 24.3 Å². The minimum atomic E-state index is -0.492. The summed E-state index contributed by atoms with van der Waals surface area (Å²) in [5, 5.41) is 7.59.